The fraction of sp³-hybridized carbons (Fsp3) is 0.429. The molecule has 0 saturated carbocycles. The maximum absolute atomic E-state index is 5.67. The molecule has 88 valence electrons. The number of hydrogen-bond acceptors (Lipinski definition) is 2. The normalized spacial score (nSPS) is 15.2. The van der Waals surface area contributed by atoms with Gasteiger partial charge in [-0.3, -0.25) is 0 Å². The van der Waals surface area contributed by atoms with Gasteiger partial charge in [0.2, 0.25) is 0 Å². The molecule has 0 bridgehead atoms. The van der Waals surface area contributed by atoms with Gasteiger partial charge >= 0.3 is 0 Å². The molecular weight excluding hydrogens is 196 g/mol. The van der Waals surface area contributed by atoms with Gasteiger partial charge < -0.3 is 11.1 Å². The highest BCUT2D eigenvalue weighted by Crippen LogP contribution is 2.17. The van der Waals surface area contributed by atoms with Crippen molar-refractivity contribution in [2.75, 3.05) is 12.8 Å². The van der Waals surface area contributed by atoms with Gasteiger partial charge in [0.25, 0.3) is 0 Å². The molecule has 0 aromatic heterocycles. The van der Waals surface area contributed by atoms with E-state index in [1.165, 1.54) is 12.0 Å². The monoisotopic (exact) mass is 218 g/mol. The van der Waals surface area contributed by atoms with Crippen LogP contribution in [-0.2, 0) is 0 Å². The first-order valence-corrected chi connectivity index (χ1v) is 5.88. The van der Waals surface area contributed by atoms with Crippen molar-refractivity contribution in [3.63, 3.8) is 0 Å². The van der Waals surface area contributed by atoms with Crippen LogP contribution in [0.5, 0.6) is 0 Å². The zero-order chi connectivity index (χ0) is 12.0. The summed E-state index contributed by atoms with van der Waals surface area (Å²) in [7, 11) is 1.97. The van der Waals surface area contributed by atoms with Gasteiger partial charge in [0.05, 0.1) is 6.04 Å². The molecule has 0 saturated heterocycles. The van der Waals surface area contributed by atoms with Crippen LogP contribution in [0, 0.1) is 5.92 Å². The SMILES string of the molecule is CCC(C)/C=C\C(NC)c1ccc(N)cc1. The van der Waals surface area contributed by atoms with Crippen LogP contribution in [0.3, 0.4) is 0 Å². The molecule has 0 radical (unpaired) electrons. The first-order chi connectivity index (χ1) is 7.67. The van der Waals surface area contributed by atoms with E-state index >= 15 is 0 Å². The number of likely N-dealkylation sites (N-methyl/N-ethyl adjacent to an activating group) is 1. The minimum atomic E-state index is 0.273. The number of nitrogens with one attached hydrogen (secondary N) is 1. The third-order valence-corrected chi connectivity index (χ3v) is 2.88. The maximum atomic E-state index is 5.67. The number of nitrogen functional groups attached to an aromatic ring is 1. The Balaban J connectivity index is 2.74. The quantitative estimate of drug-likeness (QED) is 0.588. The van der Waals surface area contributed by atoms with Crippen LogP contribution >= 0.6 is 0 Å². The van der Waals surface area contributed by atoms with Crippen molar-refractivity contribution in [3.8, 4) is 0 Å². The highest BCUT2D eigenvalue weighted by molar-refractivity contribution is 5.40. The third kappa shape index (κ3) is 3.70. The van der Waals surface area contributed by atoms with Crippen molar-refractivity contribution in [3.05, 3.63) is 42.0 Å². The lowest BCUT2D eigenvalue weighted by Crippen LogP contribution is -2.14. The molecule has 0 spiro atoms. The van der Waals surface area contributed by atoms with Gasteiger partial charge in [-0.25, -0.2) is 0 Å². The average molecular weight is 218 g/mol. The molecule has 1 rings (SSSR count). The number of allylic oxidation sites excluding steroid dienone is 1. The molecule has 2 heteroatoms. The van der Waals surface area contributed by atoms with Crippen LogP contribution < -0.4 is 11.1 Å². The zero-order valence-electron chi connectivity index (χ0n) is 10.4. The summed E-state index contributed by atoms with van der Waals surface area (Å²) >= 11 is 0. The topological polar surface area (TPSA) is 38.0 Å². The molecule has 2 atom stereocenters. The van der Waals surface area contributed by atoms with E-state index in [0.717, 1.165) is 5.69 Å². The van der Waals surface area contributed by atoms with Crippen molar-refractivity contribution >= 4 is 5.69 Å². The Morgan fingerprint density at radius 3 is 2.38 bits per heavy atom. The summed E-state index contributed by atoms with van der Waals surface area (Å²) < 4.78 is 0. The Bertz CT molecular complexity index is 327. The summed E-state index contributed by atoms with van der Waals surface area (Å²) in [6.07, 6.45) is 5.66. The van der Waals surface area contributed by atoms with E-state index in [4.69, 9.17) is 5.73 Å². The number of rotatable bonds is 5. The van der Waals surface area contributed by atoms with E-state index in [9.17, 15) is 0 Å². The van der Waals surface area contributed by atoms with Crippen molar-refractivity contribution in [2.45, 2.75) is 26.3 Å². The van der Waals surface area contributed by atoms with E-state index in [1.807, 2.05) is 19.2 Å². The van der Waals surface area contributed by atoms with E-state index in [2.05, 4.69) is 43.4 Å². The Kier molecular flexibility index (Phi) is 5.06. The zero-order valence-corrected chi connectivity index (χ0v) is 10.4. The third-order valence-electron chi connectivity index (χ3n) is 2.88. The average Bonchev–Trinajstić information content (AvgIpc) is 2.31. The molecular formula is C14H22N2. The lowest BCUT2D eigenvalue weighted by atomic mass is 10.0. The second-order valence-electron chi connectivity index (χ2n) is 4.20. The second kappa shape index (κ2) is 6.33. The van der Waals surface area contributed by atoms with Gasteiger partial charge in [0, 0.05) is 5.69 Å². The Labute approximate surface area is 98.6 Å². The van der Waals surface area contributed by atoms with Crippen LogP contribution in [0.4, 0.5) is 5.69 Å². The predicted octanol–water partition coefficient (Wildman–Crippen LogP) is 3.13. The Morgan fingerprint density at radius 1 is 1.25 bits per heavy atom. The molecule has 1 aromatic rings. The van der Waals surface area contributed by atoms with Crippen LogP contribution in [0.15, 0.2) is 36.4 Å². The van der Waals surface area contributed by atoms with Gasteiger partial charge in [-0.15, -0.1) is 0 Å². The number of anilines is 1. The summed E-state index contributed by atoms with van der Waals surface area (Å²) in [6.45, 7) is 4.43. The Hall–Kier alpha value is -1.28. The van der Waals surface area contributed by atoms with Crippen molar-refractivity contribution in [1.29, 1.82) is 0 Å². The molecule has 0 amide bonds. The predicted molar refractivity (Wildman–Crippen MR) is 71.3 cm³/mol. The fourth-order valence-electron chi connectivity index (χ4n) is 1.51. The van der Waals surface area contributed by atoms with Gasteiger partial charge in [0.15, 0.2) is 0 Å². The molecule has 3 N–H and O–H groups in total. The summed E-state index contributed by atoms with van der Waals surface area (Å²) in [5.74, 6) is 0.629. The second-order valence-corrected chi connectivity index (χ2v) is 4.20. The number of nitrogens with two attached hydrogens (primary N) is 1. The summed E-state index contributed by atoms with van der Waals surface area (Å²) in [4.78, 5) is 0. The van der Waals surface area contributed by atoms with Crippen LogP contribution in [0.2, 0.25) is 0 Å². The number of hydrogen-bond donors (Lipinski definition) is 2. The van der Waals surface area contributed by atoms with Gasteiger partial charge in [-0.2, -0.15) is 0 Å². The van der Waals surface area contributed by atoms with E-state index in [1.54, 1.807) is 0 Å². The van der Waals surface area contributed by atoms with Crippen LogP contribution in [0.1, 0.15) is 31.9 Å². The summed E-state index contributed by atoms with van der Waals surface area (Å²) in [6, 6.07) is 8.29. The maximum Gasteiger partial charge on any atom is 0.0503 e. The highest BCUT2D eigenvalue weighted by Gasteiger charge is 2.04. The van der Waals surface area contributed by atoms with E-state index in [0.29, 0.717) is 5.92 Å². The lowest BCUT2D eigenvalue weighted by Gasteiger charge is -2.13. The van der Waals surface area contributed by atoms with E-state index in [-0.39, 0.29) is 6.04 Å². The minimum Gasteiger partial charge on any atom is -0.399 e. The first kappa shape index (κ1) is 12.8. The first-order valence-electron chi connectivity index (χ1n) is 5.88. The van der Waals surface area contributed by atoms with Crippen molar-refractivity contribution < 1.29 is 0 Å². The van der Waals surface area contributed by atoms with Crippen LogP contribution in [0.25, 0.3) is 0 Å². The standard InChI is InChI=1S/C14H22N2/c1-4-11(2)5-10-14(16-3)12-6-8-13(15)9-7-12/h5-11,14,16H,4,15H2,1-3H3/b10-5-. The molecule has 0 aliphatic carbocycles. The largest absolute Gasteiger partial charge is 0.399 e. The molecule has 2 nitrogen and oxygen atoms in total. The molecule has 0 fully saturated rings. The molecule has 0 heterocycles. The number of benzene rings is 1. The van der Waals surface area contributed by atoms with Crippen LogP contribution in [-0.4, -0.2) is 7.05 Å². The smallest absolute Gasteiger partial charge is 0.0503 e. The summed E-state index contributed by atoms with van der Waals surface area (Å²) in [5, 5.41) is 3.29. The minimum absolute atomic E-state index is 0.273. The van der Waals surface area contributed by atoms with E-state index < -0.39 is 0 Å². The van der Waals surface area contributed by atoms with Gasteiger partial charge in [-0.05, 0) is 30.7 Å². The Morgan fingerprint density at radius 2 is 1.88 bits per heavy atom. The molecule has 0 aliphatic rings. The molecule has 16 heavy (non-hydrogen) atoms. The molecule has 0 aliphatic heterocycles. The molecule has 2 unspecified atom stereocenters. The van der Waals surface area contributed by atoms with Gasteiger partial charge in [0.1, 0.15) is 0 Å². The lowest BCUT2D eigenvalue weighted by molar-refractivity contribution is 0.669. The molecule has 1 aromatic carbocycles. The highest BCUT2D eigenvalue weighted by atomic mass is 14.9. The van der Waals surface area contributed by atoms with Crippen molar-refractivity contribution in [2.24, 2.45) is 5.92 Å². The summed E-state index contributed by atoms with van der Waals surface area (Å²) in [5.41, 5.74) is 7.73. The fourth-order valence-corrected chi connectivity index (χ4v) is 1.51. The van der Waals surface area contributed by atoms with Gasteiger partial charge in [-0.1, -0.05) is 44.6 Å². The van der Waals surface area contributed by atoms with Crippen molar-refractivity contribution in [1.82, 2.24) is 5.32 Å².